The third kappa shape index (κ3) is 3.27. The number of nitrogens with zero attached hydrogens (tertiary/aromatic N) is 6. The second-order valence-electron chi connectivity index (χ2n) is 6.64. The molecule has 0 aromatic carbocycles. The molecule has 0 radical (unpaired) electrons. The summed E-state index contributed by atoms with van der Waals surface area (Å²) in [5, 5.41) is 0. The van der Waals surface area contributed by atoms with Crippen molar-refractivity contribution in [1.29, 1.82) is 0 Å². The lowest BCUT2D eigenvalue weighted by Crippen LogP contribution is -2.46. The van der Waals surface area contributed by atoms with Crippen molar-refractivity contribution < 1.29 is 4.74 Å². The molecule has 7 heteroatoms. The molecule has 0 bridgehead atoms. The highest BCUT2D eigenvalue weighted by Gasteiger charge is 2.34. The summed E-state index contributed by atoms with van der Waals surface area (Å²) in [6, 6.07) is 1.86. The zero-order valence-electron chi connectivity index (χ0n) is 14.1. The number of likely N-dealkylation sites (tertiary alicyclic amines) is 1. The summed E-state index contributed by atoms with van der Waals surface area (Å²) in [7, 11) is 2.05. The summed E-state index contributed by atoms with van der Waals surface area (Å²) in [6.45, 7) is 5.51. The summed E-state index contributed by atoms with van der Waals surface area (Å²) in [5.41, 5.74) is 0. The minimum atomic E-state index is 0.285. The lowest BCUT2D eigenvalue weighted by molar-refractivity contribution is -0.0246. The van der Waals surface area contributed by atoms with Gasteiger partial charge in [-0.15, -0.1) is 0 Å². The molecular weight excluding hydrogens is 304 g/mol. The first-order chi connectivity index (χ1) is 11.8. The predicted octanol–water partition coefficient (Wildman–Crippen LogP) is 0.937. The van der Waals surface area contributed by atoms with Crippen molar-refractivity contribution in [3.8, 4) is 0 Å². The Kier molecular flexibility index (Phi) is 4.44. The van der Waals surface area contributed by atoms with Crippen LogP contribution in [0.4, 0.5) is 5.95 Å². The lowest BCUT2D eigenvalue weighted by atomic mass is 9.93. The van der Waals surface area contributed by atoms with Gasteiger partial charge in [-0.2, -0.15) is 0 Å². The molecule has 2 fully saturated rings. The Morgan fingerprint density at radius 1 is 1.12 bits per heavy atom. The highest BCUT2D eigenvalue weighted by molar-refractivity contribution is 5.29. The van der Waals surface area contributed by atoms with Crippen LogP contribution in [0, 0.1) is 5.92 Å². The standard InChI is InChI=1S/C17H24N6O/c1-21-8-6-18-16(21)13-22-7-3-14-11-23(9-10-24-15(14)12-22)17-19-4-2-5-20-17/h2,4-6,8,14-15H,3,7,9-13H2,1H3/t14-,15-/m1/s1. The van der Waals surface area contributed by atoms with Gasteiger partial charge in [0.25, 0.3) is 0 Å². The van der Waals surface area contributed by atoms with Crippen molar-refractivity contribution in [3.63, 3.8) is 0 Å². The fraction of sp³-hybridized carbons (Fsp3) is 0.588. The number of fused-ring (bicyclic) bond motifs is 1. The molecule has 2 saturated heterocycles. The Morgan fingerprint density at radius 3 is 2.79 bits per heavy atom. The Bertz CT molecular complexity index is 660. The van der Waals surface area contributed by atoms with Gasteiger partial charge in [-0.1, -0.05) is 0 Å². The van der Waals surface area contributed by atoms with Gasteiger partial charge in [0.15, 0.2) is 0 Å². The number of aromatic nitrogens is 4. The van der Waals surface area contributed by atoms with Crippen molar-refractivity contribution in [2.24, 2.45) is 13.0 Å². The number of aryl methyl sites for hydroxylation is 1. The van der Waals surface area contributed by atoms with Crippen LogP contribution in [0.5, 0.6) is 0 Å². The first-order valence-corrected chi connectivity index (χ1v) is 8.62. The molecule has 2 aliphatic rings. The summed E-state index contributed by atoms with van der Waals surface area (Å²) >= 11 is 0. The Morgan fingerprint density at radius 2 is 2.00 bits per heavy atom. The van der Waals surface area contributed by atoms with Gasteiger partial charge in [0.05, 0.1) is 19.3 Å². The molecule has 24 heavy (non-hydrogen) atoms. The molecule has 0 aliphatic carbocycles. The van der Waals surface area contributed by atoms with Crippen molar-refractivity contribution in [2.45, 2.75) is 19.1 Å². The van der Waals surface area contributed by atoms with Crippen LogP contribution in [-0.4, -0.2) is 63.3 Å². The van der Waals surface area contributed by atoms with Gasteiger partial charge in [-0.05, 0) is 19.0 Å². The van der Waals surface area contributed by atoms with Gasteiger partial charge in [0, 0.05) is 57.4 Å². The number of anilines is 1. The number of ether oxygens (including phenoxy) is 1. The van der Waals surface area contributed by atoms with Gasteiger partial charge in [-0.3, -0.25) is 4.90 Å². The van der Waals surface area contributed by atoms with Crippen LogP contribution in [0.25, 0.3) is 0 Å². The second-order valence-corrected chi connectivity index (χ2v) is 6.64. The van der Waals surface area contributed by atoms with Crippen molar-refractivity contribution in [2.75, 3.05) is 37.7 Å². The van der Waals surface area contributed by atoms with Crippen molar-refractivity contribution in [3.05, 3.63) is 36.7 Å². The molecule has 2 aromatic heterocycles. The number of piperidine rings is 1. The highest BCUT2D eigenvalue weighted by Crippen LogP contribution is 2.26. The molecule has 2 aromatic rings. The van der Waals surface area contributed by atoms with E-state index in [0.29, 0.717) is 5.92 Å². The molecule has 2 aliphatic heterocycles. The SMILES string of the molecule is Cn1ccnc1CN1CC[C@@H]2CN(c3ncccn3)CCO[C@@H]2C1. The zero-order chi connectivity index (χ0) is 16.4. The van der Waals surface area contributed by atoms with Gasteiger partial charge >= 0.3 is 0 Å². The average Bonchev–Trinajstić information content (AvgIpc) is 2.90. The molecule has 2 atom stereocenters. The van der Waals surface area contributed by atoms with Crippen LogP contribution in [0.3, 0.4) is 0 Å². The maximum absolute atomic E-state index is 6.17. The molecular formula is C17H24N6O. The van der Waals surface area contributed by atoms with E-state index in [1.165, 1.54) is 0 Å². The van der Waals surface area contributed by atoms with E-state index in [1.807, 2.05) is 18.5 Å². The summed E-state index contributed by atoms with van der Waals surface area (Å²) in [5.74, 6) is 2.47. The van der Waals surface area contributed by atoms with E-state index >= 15 is 0 Å². The third-order valence-electron chi connectivity index (χ3n) is 5.05. The Balaban J connectivity index is 1.40. The molecule has 128 valence electrons. The molecule has 0 spiro atoms. The minimum absolute atomic E-state index is 0.285. The second kappa shape index (κ2) is 6.86. The fourth-order valence-electron chi connectivity index (χ4n) is 3.64. The van der Waals surface area contributed by atoms with Crippen LogP contribution in [-0.2, 0) is 18.3 Å². The number of hydrogen-bond donors (Lipinski definition) is 0. The van der Waals surface area contributed by atoms with E-state index in [4.69, 9.17) is 4.74 Å². The maximum atomic E-state index is 6.17. The summed E-state index contributed by atoms with van der Waals surface area (Å²) in [4.78, 5) is 17.9. The van der Waals surface area contributed by atoms with E-state index in [0.717, 1.165) is 57.5 Å². The normalized spacial score (nSPS) is 25.3. The zero-order valence-corrected chi connectivity index (χ0v) is 14.1. The Hall–Kier alpha value is -1.99. The average molecular weight is 328 g/mol. The maximum Gasteiger partial charge on any atom is 0.225 e. The first kappa shape index (κ1) is 15.5. The van der Waals surface area contributed by atoms with Gasteiger partial charge < -0.3 is 14.2 Å². The van der Waals surface area contributed by atoms with Gasteiger partial charge in [0.2, 0.25) is 5.95 Å². The van der Waals surface area contributed by atoms with E-state index in [1.54, 1.807) is 12.4 Å². The van der Waals surface area contributed by atoms with Crippen LogP contribution < -0.4 is 4.90 Å². The molecule has 0 unspecified atom stereocenters. The van der Waals surface area contributed by atoms with Crippen molar-refractivity contribution in [1.82, 2.24) is 24.4 Å². The van der Waals surface area contributed by atoms with Gasteiger partial charge in [0.1, 0.15) is 5.82 Å². The topological polar surface area (TPSA) is 59.3 Å². The van der Waals surface area contributed by atoms with E-state index in [-0.39, 0.29) is 6.10 Å². The molecule has 0 N–H and O–H groups in total. The van der Waals surface area contributed by atoms with Crippen LogP contribution in [0.1, 0.15) is 12.2 Å². The molecule has 7 nitrogen and oxygen atoms in total. The number of rotatable bonds is 3. The van der Waals surface area contributed by atoms with Gasteiger partial charge in [-0.25, -0.2) is 15.0 Å². The largest absolute Gasteiger partial charge is 0.375 e. The molecule has 0 saturated carbocycles. The first-order valence-electron chi connectivity index (χ1n) is 8.62. The molecule has 4 rings (SSSR count). The van der Waals surface area contributed by atoms with E-state index < -0.39 is 0 Å². The number of imidazole rings is 1. The fourth-order valence-corrected chi connectivity index (χ4v) is 3.64. The van der Waals surface area contributed by atoms with Crippen LogP contribution >= 0.6 is 0 Å². The summed E-state index contributed by atoms with van der Waals surface area (Å²) in [6.07, 6.45) is 8.90. The quantitative estimate of drug-likeness (QED) is 0.836. The van der Waals surface area contributed by atoms with Crippen LogP contribution in [0.2, 0.25) is 0 Å². The van der Waals surface area contributed by atoms with E-state index in [9.17, 15) is 0 Å². The van der Waals surface area contributed by atoms with Crippen LogP contribution in [0.15, 0.2) is 30.9 Å². The minimum Gasteiger partial charge on any atom is -0.375 e. The van der Waals surface area contributed by atoms with E-state index in [2.05, 4.69) is 36.4 Å². The summed E-state index contributed by atoms with van der Waals surface area (Å²) < 4.78 is 8.26. The monoisotopic (exact) mass is 328 g/mol. The molecule has 4 heterocycles. The van der Waals surface area contributed by atoms with Crippen molar-refractivity contribution >= 4 is 5.95 Å². The lowest BCUT2D eigenvalue weighted by Gasteiger charge is -2.37. The Labute approximate surface area is 142 Å². The number of hydrogen-bond acceptors (Lipinski definition) is 6. The smallest absolute Gasteiger partial charge is 0.225 e. The highest BCUT2D eigenvalue weighted by atomic mass is 16.5. The molecule has 0 amide bonds. The third-order valence-corrected chi connectivity index (χ3v) is 5.05. The predicted molar refractivity (Wildman–Crippen MR) is 90.6 cm³/mol.